The third kappa shape index (κ3) is 4.13. The molecule has 2 N–H and O–H groups in total. The Kier molecular flexibility index (Phi) is 4.83. The van der Waals surface area contributed by atoms with Gasteiger partial charge < -0.3 is 20.1 Å². The average molecular weight is 303 g/mol. The van der Waals surface area contributed by atoms with Crippen LogP contribution in [-0.4, -0.2) is 38.4 Å². The van der Waals surface area contributed by atoms with E-state index < -0.39 is 0 Å². The molecule has 0 spiro atoms. The van der Waals surface area contributed by atoms with E-state index >= 15 is 0 Å². The Balaban J connectivity index is 1.63. The molecule has 120 valence electrons. The summed E-state index contributed by atoms with van der Waals surface area (Å²) in [7, 11) is 1.81. The Hall–Kier alpha value is -1.75. The fourth-order valence-electron chi connectivity index (χ4n) is 2.50. The summed E-state index contributed by atoms with van der Waals surface area (Å²) in [5.41, 5.74) is 2.36. The molecular formula is C17H25N3O2. The number of hydrogen-bond acceptors (Lipinski definition) is 3. The molecule has 22 heavy (non-hydrogen) atoms. The number of guanidine groups is 1. The molecule has 0 aromatic heterocycles. The van der Waals surface area contributed by atoms with Crippen LogP contribution < -0.4 is 15.4 Å². The highest BCUT2D eigenvalue weighted by atomic mass is 16.5. The van der Waals surface area contributed by atoms with Gasteiger partial charge in [-0.3, -0.25) is 4.99 Å². The van der Waals surface area contributed by atoms with E-state index in [0.717, 1.165) is 30.3 Å². The zero-order valence-corrected chi connectivity index (χ0v) is 13.4. The first-order chi connectivity index (χ1) is 10.7. The summed E-state index contributed by atoms with van der Waals surface area (Å²) in [4.78, 5) is 4.27. The normalized spacial score (nSPS) is 21.7. The van der Waals surface area contributed by atoms with Crippen LogP contribution in [0.5, 0.6) is 5.75 Å². The third-order valence-electron chi connectivity index (χ3n) is 3.99. The molecule has 2 aliphatic rings. The van der Waals surface area contributed by atoms with Gasteiger partial charge in [0, 0.05) is 31.6 Å². The minimum atomic E-state index is 0.171. The number of hydrogen-bond donors (Lipinski definition) is 2. The second kappa shape index (κ2) is 7.01. The molecule has 1 saturated carbocycles. The maximum Gasteiger partial charge on any atom is 0.191 e. The Bertz CT molecular complexity index is 535. The molecule has 1 atom stereocenters. The van der Waals surface area contributed by atoms with Gasteiger partial charge in [-0.2, -0.15) is 0 Å². The van der Waals surface area contributed by atoms with Crippen molar-refractivity contribution in [3.8, 4) is 5.75 Å². The van der Waals surface area contributed by atoms with Crippen molar-refractivity contribution < 1.29 is 9.47 Å². The summed E-state index contributed by atoms with van der Waals surface area (Å²) in [6.45, 7) is 4.27. The lowest BCUT2D eigenvalue weighted by atomic mass is 10.1. The van der Waals surface area contributed by atoms with Gasteiger partial charge >= 0.3 is 0 Å². The van der Waals surface area contributed by atoms with E-state index in [1.54, 1.807) is 7.05 Å². The van der Waals surface area contributed by atoms with Crippen LogP contribution in [0.2, 0.25) is 0 Å². The molecule has 5 heteroatoms. The van der Waals surface area contributed by atoms with Crippen LogP contribution in [0.25, 0.3) is 0 Å². The minimum absolute atomic E-state index is 0.171. The summed E-state index contributed by atoms with van der Waals surface area (Å²) in [5, 5.41) is 6.76. The van der Waals surface area contributed by atoms with Crippen LogP contribution in [0.15, 0.2) is 23.2 Å². The van der Waals surface area contributed by atoms with Gasteiger partial charge in [0.25, 0.3) is 0 Å². The smallest absolute Gasteiger partial charge is 0.191 e. The summed E-state index contributed by atoms with van der Waals surface area (Å²) in [5.74, 6) is 1.81. The molecule has 1 aliphatic heterocycles. The Morgan fingerprint density at radius 1 is 1.36 bits per heavy atom. The largest absolute Gasteiger partial charge is 0.488 e. The Morgan fingerprint density at radius 3 is 2.91 bits per heavy atom. The van der Waals surface area contributed by atoms with Crippen LogP contribution in [0.4, 0.5) is 0 Å². The molecule has 5 nitrogen and oxygen atoms in total. The fraction of sp³-hybridized carbons (Fsp3) is 0.588. The monoisotopic (exact) mass is 303 g/mol. The van der Waals surface area contributed by atoms with Gasteiger partial charge in [0.1, 0.15) is 11.9 Å². The first kappa shape index (κ1) is 15.2. The van der Waals surface area contributed by atoms with Gasteiger partial charge in [-0.05, 0) is 31.4 Å². The molecule has 3 rings (SSSR count). The molecule has 1 aliphatic carbocycles. The van der Waals surface area contributed by atoms with E-state index in [1.807, 2.05) is 0 Å². The maximum atomic E-state index is 6.12. The van der Waals surface area contributed by atoms with Crippen LogP contribution in [0, 0.1) is 6.92 Å². The number of aryl methyl sites for hydroxylation is 1. The second-order valence-electron chi connectivity index (χ2n) is 6.06. The molecule has 1 aromatic carbocycles. The molecule has 1 unspecified atom stereocenters. The van der Waals surface area contributed by atoms with Crippen molar-refractivity contribution in [3.63, 3.8) is 0 Å². The molecule has 1 aromatic rings. The van der Waals surface area contributed by atoms with Crippen LogP contribution in [0.3, 0.4) is 0 Å². The van der Waals surface area contributed by atoms with Crippen molar-refractivity contribution in [3.05, 3.63) is 29.3 Å². The first-order valence-electron chi connectivity index (χ1n) is 8.05. The summed E-state index contributed by atoms with van der Waals surface area (Å²) in [6.07, 6.45) is 3.61. The second-order valence-corrected chi connectivity index (χ2v) is 6.06. The molecular weight excluding hydrogens is 278 g/mol. The van der Waals surface area contributed by atoms with Gasteiger partial charge in [-0.25, -0.2) is 0 Å². The topological polar surface area (TPSA) is 54.9 Å². The minimum Gasteiger partial charge on any atom is -0.488 e. The predicted octanol–water partition coefficient (Wildman–Crippen LogP) is 1.99. The third-order valence-corrected chi connectivity index (χ3v) is 3.99. The lowest BCUT2D eigenvalue weighted by molar-refractivity contribution is 0.140. The van der Waals surface area contributed by atoms with E-state index in [-0.39, 0.29) is 6.10 Å². The van der Waals surface area contributed by atoms with Gasteiger partial charge in [-0.15, -0.1) is 0 Å². The van der Waals surface area contributed by atoms with E-state index in [4.69, 9.17) is 9.47 Å². The standard InChI is InChI=1S/C17H25N3O2/c1-12-3-4-13(10-19-17(18-2)20-14-5-6-14)16(9-12)22-15-7-8-21-11-15/h3-4,9,14-15H,5-8,10-11H2,1-2H3,(H2,18,19,20). The number of rotatable bonds is 5. The number of aliphatic imine (C=N–C) groups is 1. The number of nitrogens with zero attached hydrogens (tertiary/aromatic N) is 1. The molecule has 0 amide bonds. The van der Waals surface area contributed by atoms with Crippen molar-refractivity contribution in [2.24, 2.45) is 4.99 Å². The lowest BCUT2D eigenvalue weighted by Gasteiger charge is -2.18. The highest BCUT2D eigenvalue weighted by Gasteiger charge is 2.22. The summed E-state index contributed by atoms with van der Waals surface area (Å²) in [6, 6.07) is 6.94. The zero-order chi connectivity index (χ0) is 15.4. The summed E-state index contributed by atoms with van der Waals surface area (Å²) >= 11 is 0. The van der Waals surface area contributed by atoms with E-state index in [0.29, 0.717) is 19.2 Å². The van der Waals surface area contributed by atoms with Crippen LogP contribution >= 0.6 is 0 Å². The Labute approximate surface area is 132 Å². The van der Waals surface area contributed by atoms with Crippen LogP contribution in [-0.2, 0) is 11.3 Å². The van der Waals surface area contributed by atoms with Gasteiger partial charge in [0.15, 0.2) is 5.96 Å². The number of ether oxygens (including phenoxy) is 2. The fourth-order valence-corrected chi connectivity index (χ4v) is 2.50. The van der Waals surface area contributed by atoms with E-state index in [2.05, 4.69) is 40.7 Å². The highest BCUT2D eigenvalue weighted by Crippen LogP contribution is 2.24. The van der Waals surface area contributed by atoms with E-state index in [1.165, 1.54) is 18.4 Å². The molecule has 1 heterocycles. The van der Waals surface area contributed by atoms with Crippen molar-refractivity contribution in [1.82, 2.24) is 10.6 Å². The number of benzene rings is 1. The van der Waals surface area contributed by atoms with Gasteiger partial charge in [-0.1, -0.05) is 12.1 Å². The SMILES string of the molecule is CN=C(NCc1ccc(C)cc1OC1CCOC1)NC1CC1. The molecule has 0 radical (unpaired) electrons. The van der Waals surface area contributed by atoms with Crippen molar-refractivity contribution in [2.75, 3.05) is 20.3 Å². The molecule has 1 saturated heterocycles. The maximum absolute atomic E-state index is 6.12. The van der Waals surface area contributed by atoms with E-state index in [9.17, 15) is 0 Å². The van der Waals surface area contributed by atoms with Gasteiger partial charge in [0.2, 0.25) is 0 Å². The molecule has 2 fully saturated rings. The van der Waals surface area contributed by atoms with Crippen molar-refractivity contribution >= 4 is 5.96 Å². The van der Waals surface area contributed by atoms with Gasteiger partial charge in [0.05, 0.1) is 13.2 Å². The quantitative estimate of drug-likeness (QED) is 0.645. The first-order valence-corrected chi connectivity index (χ1v) is 8.05. The van der Waals surface area contributed by atoms with Crippen LogP contribution in [0.1, 0.15) is 30.4 Å². The van der Waals surface area contributed by atoms with Crippen molar-refractivity contribution in [1.29, 1.82) is 0 Å². The predicted molar refractivity (Wildman–Crippen MR) is 87.4 cm³/mol. The number of nitrogens with one attached hydrogen (secondary N) is 2. The van der Waals surface area contributed by atoms with Crippen molar-refractivity contribution in [2.45, 2.75) is 44.9 Å². The molecule has 0 bridgehead atoms. The highest BCUT2D eigenvalue weighted by molar-refractivity contribution is 5.80. The summed E-state index contributed by atoms with van der Waals surface area (Å²) < 4.78 is 11.5. The zero-order valence-electron chi connectivity index (χ0n) is 13.4. The Morgan fingerprint density at radius 2 is 2.23 bits per heavy atom. The average Bonchev–Trinajstić information content (AvgIpc) is 3.19. The lowest BCUT2D eigenvalue weighted by Crippen LogP contribution is -2.38.